The molecule has 72 valence electrons. The predicted molar refractivity (Wildman–Crippen MR) is 51.1 cm³/mol. The molecule has 2 N–H and O–H groups in total. The summed E-state index contributed by atoms with van der Waals surface area (Å²) in [5, 5.41) is 0. The predicted octanol–water partition coefficient (Wildman–Crippen LogP) is 0.635. The number of carbonyl (C=O) groups excluding carboxylic acids is 1. The zero-order valence-corrected chi connectivity index (χ0v) is 8.34. The lowest BCUT2D eigenvalue weighted by Gasteiger charge is -2.20. The van der Waals surface area contributed by atoms with Gasteiger partial charge in [-0.15, -0.1) is 0 Å². The van der Waals surface area contributed by atoms with Crippen LogP contribution in [-0.4, -0.2) is 36.9 Å². The van der Waals surface area contributed by atoms with Crippen molar-refractivity contribution in [3.8, 4) is 0 Å². The molecule has 3 nitrogen and oxygen atoms in total. The zero-order chi connectivity index (χ0) is 9.56. The number of ketones is 1. The van der Waals surface area contributed by atoms with Crippen LogP contribution in [0.2, 0.25) is 0 Å². The van der Waals surface area contributed by atoms with Crippen molar-refractivity contribution in [2.45, 2.75) is 32.7 Å². The first-order valence-electron chi connectivity index (χ1n) is 4.50. The second-order valence-corrected chi connectivity index (χ2v) is 3.40. The molecular formula is C9H20N2O. The summed E-state index contributed by atoms with van der Waals surface area (Å²) in [6.45, 7) is 5.56. The van der Waals surface area contributed by atoms with Crippen LogP contribution in [-0.2, 0) is 4.79 Å². The quantitative estimate of drug-likeness (QED) is 0.639. The highest BCUT2D eigenvalue weighted by Crippen LogP contribution is 1.96. The Labute approximate surface area is 74.9 Å². The highest BCUT2D eigenvalue weighted by molar-refractivity contribution is 5.78. The molecule has 0 amide bonds. The number of nitrogens with two attached hydrogens (primary N) is 1. The number of Topliss-reactive ketones (excluding diaryl/α,β-unsaturated/α-hetero) is 1. The number of hydrogen-bond acceptors (Lipinski definition) is 3. The third-order valence-corrected chi connectivity index (χ3v) is 2.05. The molecule has 0 fully saturated rings. The maximum absolute atomic E-state index is 11.1. The Morgan fingerprint density at radius 1 is 1.42 bits per heavy atom. The molecular weight excluding hydrogens is 152 g/mol. The monoisotopic (exact) mass is 172 g/mol. The van der Waals surface area contributed by atoms with Crippen LogP contribution in [0.1, 0.15) is 26.7 Å². The molecule has 0 aliphatic heterocycles. The van der Waals surface area contributed by atoms with Crippen LogP contribution in [0.15, 0.2) is 0 Å². The molecule has 0 unspecified atom stereocenters. The molecule has 0 bridgehead atoms. The minimum absolute atomic E-state index is 0.269. The molecule has 12 heavy (non-hydrogen) atoms. The first-order valence-corrected chi connectivity index (χ1v) is 4.50. The van der Waals surface area contributed by atoms with E-state index in [1.165, 1.54) is 0 Å². The van der Waals surface area contributed by atoms with Gasteiger partial charge < -0.3 is 10.6 Å². The number of rotatable bonds is 6. The van der Waals surface area contributed by atoms with Crippen LogP contribution in [0.3, 0.4) is 0 Å². The van der Waals surface area contributed by atoms with Gasteiger partial charge >= 0.3 is 0 Å². The first kappa shape index (κ1) is 11.6. The van der Waals surface area contributed by atoms with Crippen molar-refractivity contribution in [3.05, 3.63) is 0 Å². The van der Waals surface area contributed by atoms with Gasteiger partial charge in [-0.3, -0.25) is 4.79 Å². The molecule has 0 heterocycles. The molecule has 0 aromatic rings. The van der Waals surface area contributed by atoms with Gasteiger partial charge in [-0.25, -0.2) is 0 Å². The Morgan fingerprint density at radius 2 is 2.00 bits per heavy atom. The van der Waals surface area contributed by atoms with E-state index in [9.17, 15) is 4.79 Å². The largest absolute Gasteiger partial charge is 0.330 e. The highest BCUT2D eigenvalue weighted by Gasteiger charge is 2.05. The Balaban J connectivity index is 3.47. The van der Waals surface area contributed by atoms with E-state index in [0.29, 0.717) is 25.4 Å². The minimum atomic E-state index is 0.269. The van der Waals surface area contributed by atoms with Gasteiger partial charge in [0.2, 0.25) is 0 Å². The van der Waals surface area contributed by atoms with Crippen molar-refractivity contribution in [2.24, 2.45) is 5.73 Å². The van der Waals surface area contributed by atoms with Crippen molar-refractivity contribution in [1.82, 2.24) is 4.90 Å². The Hall–Kier alpha value is -0.410. The summed E-state index contributed by atoms with van der Waals surface area (Å²) in [5.74, 6) is 0.269. The molecule has 0 aromatic heterocycles. The van der Waals surface area contributed by atoms with E-state index in [1.54, 1.807) is 0 Å². The van der Waals surface area contributed by atoms with Crippen molar-refractivity contribution >= 4 is 5.78 Å². The van der Waals surface area contributed by atoms with Crippen LogP contribution < -0.4 is 5.73 Å². The SMILES string of the molecule is CC(C)N(C)CCC(=O)CCN. The molecule has 0 aromatic carbocycles. The lowest BCUT2D eigenvalue weighted by molar-refractivity contribution is -0.119. The fourth-order valence-electron chi connectivity index (χ4n) is 0.845. The number of hydrogen-bond donors (Lipinski definition) is 1. The third-order valence-electron chi connectivity index (χ3n) is 2.05. The van der Waals surface area contributed by atoms with Crippen molar-refractivity contribution in [3.63, 3.8) is 0 Å². The molecule has 0 aliphatic rings. The van der Waals surface area contributed by atoms with Crippen molar-refractivity contribution < 1.29 is 4.79 Å². The van der Waals surface area contributed by atoms with Gasteiger partial charge in [0, 0.05) is 25.4 Å². The van der Waals surface area contributed by atoms with Gasteiger partial charge in [0.25, 0.3) is 0 Å². The normalized spacial score (nSPS) is 11.2. The molecule has 0 aliphatic carbocycles. The fourth-order valence-corrected chi connectivity index (χ4v) is 0.845. The first-order chi connectivity index (χ1) is 5.57. The maximum atomic E-state index is 11.1. The minimum Gasteiger partial charge on any atom is -0.330 e. The Morgan fingerprint density at radius 3 is 2.42 bits per heavy atom. The molecule has 0 rings (SSSR count). The lowest BCUT2D eigenvalue weighted by atomic mass is 10.2. The van der Waals surface area contributed by atoms with Gasteiger partial charge in [0.15, 0.2) is 0 Å². The average Bonchev–Trinajstić information content (AvgIpc) is 2.00. The Kier molecular flexibility index (Phi) is 5.93. The van der Waals surface area contributed by atoms with Crippen LogP contribution in [0.4, 0.5) is 0 Å². The molecule has 0 spiro atoms. The molecule has 3 heteroatoms. The van der Waals surface area contributed by atoms with Crippen LogP contribution >= 0.6 is 0 Å². The van der Waals surface area contributed by atoms with Crippen molar-refractivity contribution in [1.29, 1.82) is 0 Å². The summed E-state index contributed by atoms with van der Waals surface area (Å²) in [4.78, 5) is 13.2. The third kappa shape index (κ3) is 5.27. The summed E-state index contributed by atoms with van der Waals surface area (Å²) in [5.41, 5.74) is 5.26. The number of carbonyl (C=O) groups is 1. The second kappa shape index (κ2) is 6.14. The molecule has 0 atom stereocenters. The van der Waals surface area contributed by atoms with Crippen LogP contribution in [0.5, 0.6) is 0 Å². The highest BCUT2D eigenvalue weighted by atomic mass is 16.1. The van der Waals surface area contributed by atoms with Crippen LogP contribution in [0, 0.1) is 0 Å². The van der Waals surface area contributed by atoms with Gasteiger partial charge in [-0.05, 0) is 27.4 Å². The van der Waals surface area contributed by atoms with E-state index in [1.807, 2.05) is 7.05 Å². The molecule has 0 saturated heterocycles. The lowest BCUT2D eigenvalue weighted by Crippen LogP contribution is -2.28. The van der Waals surface area contributed by atoms with E-state index in [0.717, 1.165) is 6.54 Å². The smallest absolute Gasteiger partial charge is 0.135 e. The van der Waals surface area contributed by atoms with Crippen molar-refractivity contribution in [2.75, 3.05) is 20.1 Å². The summed E-state index contributed by atoms with van der Waals surface area (Å²) in [6, 6.07) is 0.510. The van der Waals surface area contributed by atoms with E-state index in [2.05, 4.69) is 18.7 Å². The summed E-state index contributed by atoms with van der Waals surface area (Å²) < 4.78 is 0. The Bertz CT molecular complexity index is 134. The van der Waals surface area contributed by atoms with Gasteiger partial charge in [0.1, 0.15) is 5.78 Å². The maximum Gasteiger partial charge on any atom is 0.135 e. The summed E-state index contributed by atoms with van der Waals surface area (Å²) in [7, 11) is 2.03. The molecule has 0 saturated carbocycles. The van der Waals surface area contributed by atoms with E-state index >= 15 is 0 Å². The van der Waals surface area contributed by atoms with Crippen LogP contribution in [0.25, 0.3) is 0 Å². The summed E-state index contributed by atoms with van der Waals surface area (Å²) >= 11 is 0. The van der Waals surface area contributed by atoms with E-state index in [4.69, 9.17) is 5.73 Å². The standard InChI is InChI=1S/C9H20N2O/c1-8(2)11(3)7-5-9(12)4-6-10/h8H,4-7,10H2,1-3H3. The van der Waals surface area contributed by atoms with E-state index in [-0.39, 0.29) is 5.78 Å². The topological polar surface area (TPSA) is 46.3 Å². The summed E-state index contributed by atoms with van der Waals surface area (Å²) in [6.07, 6.45) is 1.15. The molecule has 0 radical (unpaired) electrons. The zero-order valence-electron chi connectivity index (χ0n) is 8.34. The van der Waals surface area contributed by atoms with Gasteiger partial charge in [0.05, 0.1) is 0 Å². The fraction of sp³-hybridized carbons (Fsp3) is 0.889. The number of nitrogens with zero attached hydrogens (tertiary/aromatic N) is 1. The van der Waals surface area contributed by atoms with E-state index < -0.39 is 0 Å². The average molecular weight is 172 g/mol. The van der Waals surface area contributed by atoms with Gasteiger partial charge in [-0.2, -0.15) is 0 Å². The second-order valence-electron chi connectivity index (χ2n) is 3.40. The van der Waals surface area contributed by atoms with Gasteiger partial charge in [-0.1, -0.05) is 0 Å².